The molecule has 0 bridgehead atoms. The first-order chi connectivity index (χ1) is 6.72. The Kier molecular flexibility index (Phi) is 5.14. The number of nitrogens with one attached hydrogen (secondary N) is 1. The van der Waals surface area contributed by atoms with E-state index in [0.717, 1.165) is 10.9 Å². The van der Waals surface area contributed by atoms with Gasteiger partial charge in [-0.2, -0.15) is 0 Å². The van der Waals surface area contributed by atoms with Crippen LogP contribution in [-0.2, 0) is 11.2 Å². The van der Waals surface area contributed by atoms with Gasteiger partial charge in [0, 0.05) is 34.2 Å². The summed E-state index contributed by atoms with van der Waals surface area (Å²) in [5.74, 6) is 0.0307. The van der Waals surface area contributed by atoms with Gasteiger partial charge in [0.1, 0.15) is 0 Å². The van der Waals surface area contributed by atoms with Crippen LogP contribution in [0.15, 0.2) is 15.9 Å². The van der Waals surface area contributed by atoms with Crippen LogP contribution in [0.2, 0.25) is 0 Å². The zero-order valence-electron chi connectivity index (χ0n) is 7.75. The molecule has 0 aliphatic heterocycles. The maximum Gasteiger partial charge on any atom is 0.221 e. The van der Waals surface area contributed by atoms with Crippen LogP contribution >= 0.6 is 27.3 Å². The number of amides is 1. The van der Waals surface area contributed by atoms with Gasteiger partial charge in [-0.25, -0.2) is 0 Å². The lowest BCUT2D eigenvalue weighted by Crippen LogP contribution is -2.27. The van der Waals surface area contributed by atoms with Gasteiger partial charge in [-0.15, -0.1) is 11.3 Å². The molecule has 0 aliphatic rings. The lowest BCUT2D eigenvalue weighted by molar-refractivity contribution is -0.120. The summed E-state index contributed by atoms with van der Waals surface area (Å²) in [4.78, 5) is 12.3. The molecule has 1 aromatic rings. The Hall–Kier alpha value is -0.390. The number of halogens is 1. The van der Waals surface area contributed by atoms with Crippen molar-refractivity contribution >= 4 is 33.2 Å². The quantitative estimate of drug-likeness (QED) is 0.857. The zero-order valence-corrected chi connectivity index (χ0v) is 10.2. The molecule has 0 aliphatic carbocycles. The fourth-order valence-corrected chi connectivity index (χ4v) is 2.48. The molecule has 0 atom stereocenters. The van der Waals surface area contributed by atoms with Gasteiger partial charge in [0.05, 0.1) is 0 Å². The minimum Gasteiger partial charge on any atom is -0.356 e. The second-order valence-electron chi connectivity index (χ2n) is 2.87. The Morgan fingerprint density at radius 1 is 1.64 bits per heavy atom. The van der Waals surface area contributed by atoms with Gasteiger partial charge in [0.2, 0.25) is 5.91 Å². The number of carbonyl (C=O) groups is 1. The minimum atomic E-state index is 0.0307. The van der Waals surface area contributed by atoms with Crippen LogP contribution < -0.4 is 11.1 Å². The van der Waals surface area contributed by atoms with Crippen LogP contribution in [0.25, 0.3) is 0 Å². The third-order valence-electron chi connectivity index (χ3n) is 1.69. The first kappa shape index (κ1) is 11.7. The predicted molar refractivity (Wildman–Crippen MR) is 62.4 cm³/mol. The topological polar surface area (TPSA) is 55.1 Å². The first-order valence-electron chi connectivity index (χ1n) is 4.42. The lowest BCUT2D eigenvalue weighted by atomic mass is 10.3. The number of hydrogen-bond donors (Lipinski definition) is 2. The van der Waals surface area contributed by atoms with Crippen LogP contribution in [0.4, 0.5) is 0 Å². The van der Waals surface area contributed by atoms with Crippen molar-refractivity contribution in [2.24, 2.45) is 5.73 Å². The Bertz CT molecular complexity index is 301. The zero-order chi connectivity index (χ0) is 10.4. The van der Waals surface area contributed by atoms with E-state index in [1.54, 1.807) is 11.3 Å². The standard InChI is InChI=1S/C9H13BrN2OS/c10-7-5-8(14-6-7)2-4-12-9(13)1-3-11/h5-6H,1-4,11H2,(H,12,13). The number of rotatable bonds is 5. The van der Waals surface area contributed by atoms with E-state index in [-0.39, 0.29) is 5.91 Å². The van der Waals surface area contributed by atoms with Crippen molar-refractivity contribution in [2.75, 3.05) is 13.1 Å². The molecular weight excluding hydrogens is 264 g/mol. The average molecular weight is 277 g/mol. The second-order valence-corrected chi connectivity index (χ2v) is 4.78. The fourth-order valence-electron chi connectivity index (χ4n) is 1.03. The van der Waals surface area contributed by atoms with E-state index < -0.39 is 0 Å². The molecular formula is C9H13BrN2OS. The molecule has 1 aromatic heterocycles. The van der Waals surface area contributed by atoms with Crippen LogP contribution in [0.3, 0.4) is 0 Å². The summed E-state index contributed by atoms with van der Waals surface area (Å²) in [6, 6.07) is 2.07. The van der Waals surface area contributed by atoms with Gasteiger partial charge in [-0.05, 0) is 28.4 Å². The highest BCUT2D eigenvalue weighted by Crippen LogP contribution is 2.19. The second kappa shape index (κ2) is 6.16. The van der Waals surface area contributed by atoms with Crippen molar-refractivity contribution in [1.82, 2.24) is 5.32 Å². The third-order valence-corrected chi connectivity index (χ3v) is 3.44. The fraction of sp³-hybridized carbons (Fsp3) is 0.444. The van der Waals surface area contributed by atoms with E-state index in [1.165, 1.54) is 4.88 Å². The number of hydrogen-bond acceptors (Lipinski definition) is 3. The number of nitrogens with two attached hydrogens (primary N) is 1. The van der Waals surface area contributed by atoms with Gasteiger partial charge < -0.3 is 11.1 Å². The predicted octanol–water partition coefficient (Wildman–Crippen LogP) is 1.52. The van der Waals surface area contributed by atoms with Crippen LogP contribution in [0.1, 0.15) is 11.3 Å². The molecule has 1 rings (SSSR count). The molecule has 0 radical (unpaired) electrons. The first-order valence-corrected chi connectivity index (χ1v) is 6.09. The van der Waals surface area contributed by atoms with Gasteiger partial charge in [0.15, 0.2) is 0 Å². The van der Waals surface area contributed by atoms with Crippen molar-refractivity contribution in [2.45, 2.75) is 12.8 Å². The normalized spacial score (nSPS) is 10.1. The Labute approximate surface area is 95.8 Å². The summed E-state index contributed by atoms with van der Waals surface area (Å²) < 4.78 is 1.10. The van der Waals surface area contributed by atoms with Crippen molar-refractivity contribution in [3.63, 3.8) is 0 Å². The molecule has 3 N–H and O–H groups in total. The molecule has 0 spiro atoms. The van der Waals surface area contributed by atoms with Gasteiger partial charge >= 0.3 is 0 Å². The summed E-state index contributed by atoms with van der Waals surface area (Å²) in [6.07, 6.45) is 1.29. The molecule has 3 nitrogen and oxygen atoms in total. The van der Waals surface area contributed by atoms with E-state index in [2.05, 4.69) is 27.3 Å². The molecule has 78 valence electrons. The Balaban J connectivity index is 2.18. The van der Waals surface area contributed by atoms with Crippen LogP contribution in [0.5, 0.6) is 0 Å². The smallest absolute Gasteiger partial charge is 0.221 e. The highest BCUT2D eigenvalue weighted by molar-refractivity contribution is 9.10. The largest absolute Gasteiger partial charge is 0.356 e. The maximum absolute atomic E-state index is 11.0. The summed E-state index contributed by atoms with van der Waals surface area (Å²) in [5, 5.41) is 4.85. The maximum atomic E-state index is 11.0. The molecule has 0 unspecified atom stereocenters. The molecule has 5 heteroatoms. The molecule has 14 heavy (non-hydrogen) atoms. The Morgan fingerprint density at radius 2 is 2.43 bits per heavy atom. The molecule has 1 amide bonds. The summed E-state index contributed by atoms with van der Waals surface area (Å²) in [7, 11) is 0. The number of thiophene rings is 1. The third kappa shape index (κ3) is 4.21. The van der Waals surface area contributed by atoms with E-state index in [1.807, 2.05) is 5.38 Å². The highest BCUT2D eigenvalue weighted by atomic mass is 79.9. The monoisotopic (exact) mass is 276 g/mol. The van der Waals surface area contributed by atoms with Crippen molar-refractivity contribution in [3.8, 4) is 0 Å². The molecule has 0 fully saturated rings. The summed E-state index contributed by atoms with van der Waals surface area (Å²) in [6.45, 7) is 1.10. The van der Waals surface area contributed by atoms with E-state index in [9.17, 15) is 4.79 Å². The molecule has 1 heterocycles. The number of carbonyl (C=O) groups excluding carboxylic acids is 1. The SMILES string of the molecule is NCCC(=O)NCCc1cc(Br)cs1. The molecule has 0 saturated carbocycles. The van der Waals surface area contributed by atoms with Crippen molar-refractivity contribution < 1.29 is 4.79 Å². The average Bonchev–Trinajstić information content (AvgIpc) is 2.52. The van der Waals surface area contributed by atoms with Gasteiger partial charge in [-0.3, -0.25) is 4.79 Å². The van der Waals surface area contributed by atoms with E-state index in [4.69, 9.17) is 5.73 Å². The van der Waals surface area contributed by atoms with Crippen molar-refractivity contribution in [1.29, 1.82) is 0 Å². The lowest BCUT2D eigenvalue weighted by Gasteiger charge is -2.01. The molecule has 0 saturated heterocycles. The minimum absolute atomic E-state index is 0.0307. The van der Waals surface area contributed by atoms with Gasteiger partial charge in [-0.1, -0.05) is 0 Å². The van der Waals surface area contributed by atoms with Gasteiger partial charge in [0.25, 0.3) is 0 Å². The van der Waals surface area contributed by atoms with E-state index >= 15 is 0 Å². The highest BCUT2D eigenvalue weighted by Gasteiger charge is 2.00. The summed E-state index contributed by atoms with van der Waals surface area (Å²) >= 11 is 5.08. The van der Waals surface area contributed by atoms with Crippen molar-refractivity contribution in [3.05, 3.63) is 20.8 Å². The van der Waals surface area contributed by atoms with Crippen LogP contribution in [0, 0.1) is 0 Å². The van der Waals surface area contributed by atoms with Crippen LogP contribution in [-0.4, -0.2) is 19.0 Å². The summed E-state index contributed by atoms with van der Waals surface area (Å²) in [5.41, 5.74) is 5.25. The molecule has 0 aromatic carbocycles. The Morgan fingerprint density at radius 3 is 3.00 bits per heavy atom. The van der Waals surface area contributed by atoms with E-state index in [0.29, 0.717) is 19.5 Å².